The van der Waals surface area contributed by atoms with Crippen LogP contribution in [0.3, 0.4) is 0 Å². The number of methoxy groups -OCH3 is 1. The second-order valence-electron chi connectivity index (χ2n) is 3.98. The highest BCUT2D eigenvalue weighted by atomic mass is 79.9. The zero-order valence-electron chi connectivity index (χ0n) is 11.2. The van der Waals surface area contributed by atoms with Crippen molar-refractivity contribution in [1.82, 2.24) is 9.78 Å². The number of aryl methyl sites for hydroxylation is 2. The van der Waals surface area contributed by atoms with Crippen LogP contribution in [0.5, 0.6) is 0 Å². The van der Waals surface area contributed by atoms with Crippen LogP contribution in [-0.4, -0.2) is 43.3 Å². The number of hydrogen-bond donors (Lipinski definition) is 0. The first-order valence-electron chi connectivity index (χ1n) is 5.99. The van der Waals surface area contributed by atoms with Gasteiger partial charge in [-0.05, 0) is 29.3 Å². The van der Waals surface area contributed by atoms with Crippen LogP contribution in [-0.2, 0) is 27.9 Å². The van der Waals surface area contributed by atoms with Gasteiger partial charge in [0, 0.05) is 27.4 Å². The maximum Gasteiger partial charge on any atom is 0.0896 e. The van der Waals surface area contributed by atoms with E-state index in [0.29, 0.717) is 33.0 Å². The zero-order chi connectivity index (χ0) is 13.4. The van der Waals surface area contributed by atoms with Gasteiger partial charge in [0.05, 0.1) is 35.7 Å². The van der Waals surface area contributed by atoms with Crippen molar-refractivity contribution in [3.63, 3.8) is 0 Å². The minimum absolute atomic E-state index is 0.565. The molecule has 0 aromatic carbocycles. The molecule has 0 fully saturated rings. The Bertz CT molecular complexity index is 355. The summed E-state index contributed by atoms with van der Waals surface area (Å²) in [5.41, 5.74) is 2.05. The molecule has 0 saturated carbocycles. The fourth-order valence-corrected chi connectivity index (χ4v) is 1.96. The maximum atomic E-state index is 5.60. The SMILES string of the molecule is COCCOCCCOCc1c(Br)c(C)nn1C. The van der Waals surface area contributed by atoms with Crippen molar-refractivity contribution < 1.29 is 14.2 Å². The Labute approximate surface area is 117 Å². The van der Waals surface area contributed by atoms with Crippen LogP contribution in [0.25, 0.3) is 0 Å². The van der Waals surface area contributed by atoms with Crippen LogP contribution in [0.1, 0.15) is 17.8 Å². The number of halogens is 1. The van der Waals surface area contributed by atoms with Crippen molar-refractivity contribution in [3.05, 3.63) is 15.9 Å². The van der Waals surface area contributed by atoms with Crippen molar-refractivity contribution in [2.24, 2.45) is 7.05 Å². The number of ether oxygens (including phenoxy) is 3. The third-order valence-corrected chi connectivity index (χ3v) is 3.54. The first-order chi connectivity index (χ1) is 8.66. The summed E-state index contributed by atoms with van der Waals surface area (Å²) in [5.74, 6) is 0. The van der Waals surface area contributed by atoms with Gasteiger partial charge in [0.25, 0.3) is 0 Å². The molecule has 0 amide bonds. The van der Waals surface area contributed by atoms with Crippen LogP contribution in [0.2, 0.25) is 0 Å². The molecule has 104 valence electrons. The quantitative estimate of drug-likeness (QED) is 0.653. The molecule has 1 heterocycles. The summed E-state index contributed by atoms with van der Waals surface area (Å²) in [6.07, 6.45) is 0.887. The molecule has 1 rings (SSSR count). The molecule has 1 aromatic heterocycles. The van der Waals surface area contributed by atoms with E-state index >= 15 is 0 Å². The summed E-state index contributed by atoms with van der Waals surface area (Å²) < 4.78 is 18.7. The lowest BCUT2D eigenvalue weighted by Crippen LogP contribution is -2.07. The molecule has 1 aromatic rings. The predicted molar refractivity (Wildman–Crippen MR) is 72.6 cm³/mol. The van der Waals surface area contributed by atoms with E-state index in [-0.39, 0.29) is 0 Å². The molecule has 0 radical (unpaired) electrons. The minimum atomic E-state index is 0.565. The standard InChI is InChI=1S/C12H21BrN2O3/c1-10-12(13)11(15(2)14-10)9-18-6-4-5-17-8-7-16-3/h4-9H2,1-3H3. The molecule has 0 bridgehead atoms. The highest BCUT2D eigenvalue weighted by molar-refractivity contribution is 9.10. The van der Waals surface area contributed by atoms with Gasteiger partial charge < -0.3 is 14.2 Å². The lowest BCUT2D eigenvalue weighted by molar-refractivity contribution is 0.0472. The van der Waals surface area contributed by atoms with E-state index in [0.717, 1.165) is 22.3 Å². The van der Waals surface area contributed by atoms with Crippen molar-refractivity contribution in [1.29, 1.82) is 0 Å². The maximum absolute atomic E-state index is 5.60. The summed E-state index contributed by atoms with van der Waals surface area (Å²) in [4.78, 5) is 0. The van der Waals surface area contributed by atoms with E-state index in [9.17, 15) is 0 Å². The van der Waals surface area contributed by atoms with Crippen molar-refractivity contribution in [3.8, 4) is 0 Å². The molecule has 0 aliphatic rings. The highest BCUT2D eigenvalue weighted by Crippen LogP contribution is 2.20. The summed E-state index contributed by atoms with van der Waals surface area (Å²) in [5, 5.41) is 4.31. The van der Waals surface area contributed by atoms with E-state index in [2.05, 4.69) is 21.0 Å². The third kappa shape index (κ3) is 5.06. The fraction of sp³-hybridized carbons (Fsp3) is 0.750. The normalized spacial score (nSPS) is 11.1. The van der Waals surface area contributed by atoms with Gasteiger partial charge in [-0.25, -0.2) is 0 Å². The molecular weight excluding hydrogens is 300 g/mol. The van der Waals surface area contributed by atoms with Crippen LogP contribution in [0.15, 0.2) is 4.47 Å². The molecule has 0 unspecified atom stereocenters. The van der Waals surface area contributed by atoms with Crippen LogP contribution >= 0.6 is 15.9 Å². The van der Waals surface area contributed by atoms with E-state index in [1.807, 2.05) is 18.7 Å². The summed E-state index contributed by atoms with van der Waals surface area (Å²) in [6.45, 7) is 5.21. The van der Waals surface area contributed by atoms with E-state index in [1.54, 1.807) is 7.11 Å². The fourth-order valence-electron chi connectivity index (χ4n) is 1.51. The van der Waals surface area contributed by atoms with E-state index in [4.69, 9.17) is 14.2 Å². The van der Waals surface area contributed by atoms with E-state index in [1.165, 1.54) is 0 Å². The van der Waals surface area contributed by atoms with Crippen LogP contribution in [0, 0.1) is 6.92 Å². The average molecular weight is 321 g/mol. The van der Waals surface area contributed by atoms with Gasteiger partial charge in [-0.3, -0.25) is 4.68 Å². The van der Waals surface area contributed by atoms with Gasteiger partial charge in [-0.15, -0.1) is 0 Å². The topological polar surface area (TPSA) is 45.5 Å². The van der Waals surface area contributed by atoms with Crippen molar-refractivity contribution >= 4 is 15.9 Å². The van der Waals surface area contributed by atoms with Gasteiger partial charge in [-0.1, -0.05) is 0 Å². The lowest BCUT2D eigenvalue weighted by atomic mass is 10.4. The number of nitrogens with zero attached hydrogens (tertiary/aromatic N) is 2. The molecule has 0 atom stereocenters. The second kappa shape index (κ2) is 8.63. The van der Waals surface area contributed by atoms with Gasteiger partial charge in [0.1, 0.15) is 0 Å². The highest BCUT2D eigenvalue weighted by Gasteiger charge is 2.09. The lowest BCUT2D eigenvalue weighted by Gasteiger charge is -2.06. The Morgan fingerprint density at radius 2 is 1.89 bits per heavy atom. The third-order valence-electron chi connectivity index (χ3n) is 2.51. The largest absolute Gasteiger partial charge is 0.382 e. The summed E-state index contributed by atoms with van der Waals surface area (Å²) in [6, 6.07) is 0. The second-order valence-corrected chi connectivity index (χ2v) is 4.77. The van der Waals surface area contributed by atoms with E-state index < -0.39 is 0 Å². The molecule has 0 N–H and O–H groups in total. The monoisotopic (exact) mass is 320 g/mol. The number of rotatable bonds is 9. The van der Waals surface area contributed by atoms with Crippen LogP contribution < -0.4 is 0 Å². The number of hydrogen-bond acceptors (Lipinski definition) is 4. The molecular formula is C12H21BrN2O3. The predicted octanol–water partition coefficient (Wildman–Crippen LogP) is 2.06. The smallest absolute Gasteiger partial charge is 0.0896 e. The molecule has 0 aliphatic heterocycles. The number of aromatic nitrogens is 2. The van der Waals surface area contributed by atoms with Crippen LogP contribution in [0.4, 0.5) is 0 Å². The molecule has 0 spiro atoms. The summed E-state index contributed by atoms with van der Waals surface area (Å²) in [7, 11) is 3.59. The Kier molecular flexibility index (Phi) is 7.50. The Morgan fingerprint density at radius 3 is 2.50 bits per heavy atom. The molecule has 5 nitrogen and oxygen atoms in total. The molecule has 18 heavy (non-hydrogen) atoms. The Balaban J connectivity index is 2.11. The zero-order valence-corrected chi connectivity index (χ0v) is 12.8. The molecule has 0 aliphatic carbocycles. The Morgan fingerprint density at radius 1 is 1.17 bits per heavy atom. The molecule has 6 heteroatoms. The van der Waals surface area contributed by atoms with Crippen molar-refractivity contribution in [2.75, 3.05) is 33.5 Å². The van der Waals surface area contributed by atoms with Crippen molar-refractivity contribution in [2.45, 2.75) is 20.0 Å². The average Bonchev–Trinajstić information content (AvgIpc) is 2.58. The first kappa shape index (κ1) is 15.6. The van der Waals surface area contributed by atoms with Gasteiger partial charge in [0.15, 0.2) is 0 Å². The molecule has 0 saturated heterocycles. The van der Waals surface area contributed by atoms with Gasteiger partial charge in [-0.2, -0.15) is 5.10 Å². The summed E-state index contributed by atoms with van der Waals surface area (Å²) >= 11 is 3.51. The van der Waals surface area contributed by atoms with Gasteiger partial charge in [0.2, 0.25) is 0 Å². The minimum Gasteiger partial charge on any atom is -0.382 e. The first-order valence-corrected chi connectivity index (χ1v) is 6.78. The van der Waals surface area contributed by atoms with Gasteiger partial charge >= 0.3 is 0 Å². The Hall–Kier alpha value is -0.430.